The van der Waals surface area contributed by atoms with E-state index in [0.29, 0.717) is 22.9 Å². The van der Waals surface area contributed by atoms with Gasteiger partial charge in [-0.3, -0.25) is 0 Å². The number of benzene rings is 2. The average Bonchev–Trinajstić information content (AvgIpc) is 2.62. The summed E-state index contributed by atoms with van der Waals surface area (Å²) in [5.74, 6) is 0.293. The predicted molar refractivity (Wildman–Crippen MR) is 93.3 cm³/mol. The molecule has 0 bridgehead atoms. The van der Waals surface area contributed by atoms with Crippen LogP contribution in [0.15, 0.2) is 65.7 Å². The summed E-state index contributed by atoms with van der Waals surface area (Å²) in [5.41, 5.74) is 2.27. The number of rotatable bonds is 4. The molecule has 7 nitrogen and oxygen atoms in total. The topological polar surface area (TPSA) is 122 Å². The van der Waals surface area contributed by atoms with Gasteiger partial charge in [0.25, 0.3) is 0 Å². The Morgan fingerprint density at radius 3 is 2.32 bits per heavy atom. The number of nitrogens with zero attached hydrogens (tertiary/aromatic N) is 3. The van der Waals surface area contributed by atoms with Crippen LogP contribution in [0.1, 0.15) is 5.56 Å². The maximum Gasteiger partial charge on any atom is 0.238 e. The third-order valence-electron chi connectivity index (χ3n) is 3.40. The molecule has 0 amide bonds. The van der Waals surface area contributed by atoms with Gasteiger partial charge in [-0.2, -0.15) is 5.26 Å². The number of hydrogen-bond acceptors (Lipinski definition) is 6. The van der Waals surface area contributed by atoms with Gasteiger partial charge >= 0.3 is 0 Å². The number of primary sulfonamides is 1. The van der Waals surface area contributed by atoms with E-state index in [1.165, 1.54) is 18.3 Å². The van der Waals surface area contributed by atoms with Crippen LogP contribution in [0.4, 0.5) is 11.6 Å². The van der Waals surface area contributed by atoms with Crippen LogP contribution in [-0.4, -0.2) is 18.4 Å². The van der Waals surface area contributed by atoms with Gasteiger partial charge in [0.2, 0.25) is 16.0 Å². The minimum atomic E-state index is -3.74. The summed E-state index contributed by atoms with van der Waals surface area (Å²) < 4.78 is 22.6. The lowest BCUT2D eigenvalue weighted by molar-refractivity contribution is 0.598. The van der Waals surface area contributed by atoms with Crippen molar-refractivity contribution in [1.82, 2.24) is 9.97 Å². The first-order valence-corrected chi connectivity index (χ1v) is 8.74. The number of nitrogens with two attached hydrogens (primary N) is 1. The van der Waals surface area contributed by atoms with Crippen molar-refractivity contribution < 1.29 is 8.42 Å². The van der Waals surface area contributed by atoms with E-state index in [-0.39, 0.29) is 4.90 Å². The highest BCUT2D eigenvalue weighted by Gasteiger charge is 2.10. The van der Waals surface area contributed by atoms with E-state index in [9.17, 15) is 13.7 Å². The van der Waals surface area contributed by atoms with E-state index in [1.54, 1.807) is 12.1 Å². The second kappa shape index (κ2) is 6.68. The van der Waals surface area contributed by atoms with Crippen molar-refractivity contribution in [1.29, 1.82) is 5.26 Å². The van der Waals surface area contributed by atoms with E-state index in [0.717, 1.165) is 5.56 Å². The zero-order valence-electron chi connectivity index (χ0n) is 12.9. The molecule has 0 spiro atoms. The molecule has 0 saturated heterocycles. The molecule has 3 N–H and O–H groups in total. The van der Waals surface area contributed by atoms with Crippen LogP contribution in [0.25, 0.3) is 11.3 Å². The second-order valence-corrected chi connectivity index (χ2v) is 6.69. The Bertz CT molecular complexity index is 1040. The lowest BCUT2D eigenvalue weighted by atomic mass is 10.1. The fourth-order valence-electron chi connectivity index (χ4n) is 2.20. The highest BCUT2D eigenvalue weighted by atomic mass is 32.2. The molecule has 0 aliphatic heterocycles. The Balaban J connectivity index is 1.93. The molecule has 0 fully saturated rings. The summed E-state index contributed by atoms with van der Waals surface area (Å²) in [5, 5.41) is 17.3. The van der Waals surface area contributed by atoms with Crippen molar-refractivity contribution >= 4 is 21.7 Å². The van der Waals surface area contributed by atoms with Crippen molar-refractivity contribution in [3.8, 4) is 17.3 Å². The maximum atomic E-state index is 11.3. The van der Waals surface area contributed by atoms with Gasteiger partial charge in [0.15, 0.2) is 0 Å². The summed E-state index contributed by atoms with van der Waals surface area (Å²) in [6.07, 6.45) is 1.44. The summed E-state index contributed by atoms with van der Waals surface area (Å²) in [4.78, 5) is 8.52. The van der Waals surface area contributed by atoms with Gasteiger partial charge < -0.3 is 5.32 Å². The van der Waals surface area contributed by atoms with Crippen molar-refractivity contribution in [3.63, 3.8) is 0 Å². The first kappa shape index (κ1) is 16.6. The molecular formula is C17H13N5O2S. The normalized spacial score (nSPS) is 10.9. The number of aromatic nitrogens is 2. The van der Waals surface area contributed by atoms with Crippen LogP contribution in [0.2, 0.25) is 0 Å². The van der Waals surface area contributed by atoms with Crippen LogP contribution in [-0.2, 0) is 10.0 Å². The van der Waals surface area contributed by atoms with E-state index < -0.39 is 10.0 Å². The maximum absolute atomic E-state index is 11.3. The number of hydrogen-bond donors (Lipinski definition) is 2. The molecule has 2 aromatic carbocycles. The van der Waals surface area contributed by atoms with Crippen LogP contribution < -0.4 is 10.5 Å². The van der Waals surface area contributed by atoms with Crippen LogP contribution in [0.3, 0.4) is 0 Å². The largest absolute Gasteiger partial charge is 0.324 e. The highest BCUT2D eigenvalue weighted by molar-refractivity contribution is 7.89. The molecule has 8 heteroatoms. The molecule has 0 atom stereocenters. The molecule has 3 rings (SSSR count). The summed E-state index contributed by atoms with van der Waals surface area (Å²) >= 11 is 0. The zero-order chi connectivity index (χ0) is 17.9. The molecule has 0 saturated carbocycles. The van der Waals surface area contributed by atoms with E-state index in [2.05, 4.69) is 21.4 Å². The molecule has 1 aromatic heterocycles. The Hall–Kier alpha value is -3.28. The highest BCUT2D eigenvalue weighted by Crippen LogP contribution is 2.23. The first-order chi connectivity index (χ1) is 12.0. The lowest BCUT2D eigenvalue weighted by Gasteiger charge is -2.08. The monoisotopic (exact) mass is 351 g/mol. The number of nitriles is 1. The first-order valence-electron chi connectivity index (χ1n) is 7.20. The molecule has 1 heterocycles. The van der Waals surface area contributed by atoms with Gasteiger partial charge in [0.05, 0.1) is 22.3 Å². The molecule has 0 aliphatic rings. The molecule has 25 heavy (non-hydrogen) atoms. The molecular weight excluding hydrogens is 338 g/mol. The molecule has 0 radical (unpaired) electrons. The predicted octanol–water partition coefficient (Wildman–Crippen LogP) is 2.41. The van der Waals surface area contributed by atoms with Gasteiger partial charge in [-0.1, -0.05) is 30.3 Å². The molecule has 0 aliphatic carbocycles. The Kier molecular flexibility index (Phi) is 4.43. The summed E-state index contributed by atoms with van der Waals surface area (Å²) in [7, 11) is -3.74. The number of nitrogens with one attached hydrogen (secondary N) is 1. The second-order valence-electron chi connectivity index (χ2n) is 5.13. The van der Waals surface area contributed by atoms with Gasteiger partial charge in [-0.05, 0) is 24.3 Å². The fourth-order valence-corrected chi connectivity index (χ4v) is 2.71. The number of sulfonamides is 1. The Morgan fingerprint density at radius 1 is 1.04 bits per heavy atom. The van der Waals surface area contributed by atoms with Crippen molar-refractivity contribution in [2.24, 2.45) is 5.14 Å². The van der Waals surface area contributed by atoms with Gasteiger partial charge in [-0.25, -0.2) is 23.5 Å². The molecule has 124 valence electrons. The quantitative estimate of drug-likeness (QED) is 0.744. The third-order valence-corrected chi connectivity index (χ3v) is 4.32. The van der Waals surface area contributed by atoms with Crippen molar-refractivity contribution in [3.05, 3.63) is 66.4 Å². The van der Waals surface area contributed by atoms with Gasteiger partial charge in [0, 0.05) is 11.3 Å². The Morgan fingerprint density at radius 2 is 1.72 bits per heavy atom. The standard InChI is InChI=1S/C17H13N5O2S/c18-10-13-11-20-17(22-16(13)12-4-2-1-3-5-12)21-14-6-8-15(9-7-14)25(19,23)24/h1-9,11H,(H2,19,23,24)(H,20,21,22). The number of anilines is 2. The summed E-state index contributed by atoms with van der Waals surface area (Å²) in [6, 6.07) is 17.3. The Labute approximate surface area is 144 Å². The van der Waals surface area contributed by atoms with Crippen molar-refractivity contribution in [2.75, 3.05) is 5.32 Å². The third kappa shape index (κ3) is 3.80. The minimum absolute atomic E-state index is 0.0174. The van der Waals surface area contributed by atoms with Crippen LogP contribution >= 0.6 is 0 Å². The van der Waals surface area contributed by atoms with E-state index in [1.807, 2.05) is 30.3 Å². The fraction of sp³-hybridized carbons (Fsp3) is 0. The smallest absolute Gasteiger partial charge is 0.238 e. The zero-order valence-corrected chi connectivity index (χ0v) is 13.7. The average molecular weight is 351 g/mol. The molecule has 0 unspecified atom stereocenters. The van der Waals surface area contributed by atoms with Crippen molar-refractivity contribution in [2.45, 2.75) is 4.90 Å². The lowest BCUT2D eigenvalue weighted by Crippen LogP contribution is -2.11. The van der Waals surface area contributed by atoms with Crippen LogP contribution in [0, 0.1) is 11.3 Å². The van der Waals surface area contributed by atoms with E-state index in [4.69, 9.17) is 5.14 Å². The van der Waals surface area contributed by atoms with Gasteiger partial charge in [0.1, 0.15) is 6.07 Å². The van der Waals surface area contributed by atoms with Gasteiger partial charge in [-0.15, -0.1) is 0 Å². The van der Waals surface area contributed by atoms with E-state index >= 15 is 0 Å². The minimum Gasteiger partial charge on any atom is -0.324 e. The van der Waals surface area contributed by atoms with Crippen LogP contribution in [0.5, 0.6) is 0 Å². The summed E-state index contributed by atoms with van der Waals surface area (Å²) in [6.45, 7) is 0. The molecule has 3 aromatic rings. The SMILES string of the molecule is N#Cc1cnc(Nc2ccc(S(N)(=O)=O)cc2)nc1-c1ccccc1.